The molecule has 0 aliphatic heterocycles. The number of aromatic amines is 1. The normalized spacial score (nSPS) is 14.4. The van der Waals surface area contributed by atoms with E-state index in [1.165, 1.54) is 36.6 Å². The first-order chi connectivity index (χ1) is 14.0. The van der Waals surface area contributed by atoms with Gasteiger partial charge in [0.2, 0.25) is 0 Å². The average molecular weight is 393 g/mol. The molecule has 0 amide bonds. The molecule has 2 N–H and O–H groups in total. The van der Waals surface area contributed by atoms with Gasteiger partial charge >= 0.3 is 5.97 Å². The van der Waals surface area contributed by atoms with Crippen molar-refractivity contribution in [2.75, 3.05) is 6.61 Å². The third kappa shape index (κ3) is 4.39. The van der Waals surface area contributed by atoms with Crippen LogP contribution in [0.1, 0.15) is 42.4 Å². The largest absolute Gasteiger partial charge is 0.482 e. The van der Waals surface area contributed by atoms with Crippen molar-refractivity contribution in [3.63, 3.8) is 0 Å². The maximum atomic E-state index is 10.7. The number of benzene rings is 2. The molecule has 0 atom stereocenters. The Hall–Kier alpha value is -2.95. The quantitative estimate of drug-likeness (QED) is 0.534. The van der Waals surface area contributed by atoms with Gasteiger partial charge in [-0.3, -0.25) is 0 Å². The maximum absolute atomic E-state index is 10.7. The first kappa shape index (κ1) is 19.4. The van der Waals surface area contributed by atoms with Crippen LogP contribution in [0.15, 0.2) is 36.5 Å². The number of H-pyrrole nitrogens is 1. The van der Waals surface area contributed by atoms with Crippen LogP contribution in [0, 0.1) is 19.8 Å². The van der Waals surface area contributed by atoms with Gasteiger partial charge in [-0.2, -0.15) is 0 Å². The minimum Gasteiger partial charge on any atom is -0.482 e. The number of hydrogen-bond donors (Lipinski definition) is 2. The molecule has 0 saturated heterocycles. The summed E-state index contributed by atoms with van der Waals surface area (Å²) in [5, 5.41) is 10.0. The third-order valence-electron chi connectivity index (χ3n) is 5.74. The summed E-state index contributed by atoms with van der Waals surface area (Å²) in [6.45, 7) is 3.53. The molecule has 1 aromatic heterocycles. The van der Waals surface area contributed by atoms with Crippen LogP contribution in [-0.4, -0.2) is 22.7 Å². The van der Waals surface area contributed by atoms with Crippen LogP contribution < -0.4 is 9.47 Å². The summed E-state index contributed by atoms with van der Waals surface area (Å²) >= 11 is 0. The minimum atomic E-state index is -0.992. The number of carbonyl (C=O) groups is 1. The van der Waals surface area contributed by atoms with E-state index in [1.807, 2.05) is 32.0 Å². The van der Waals surface area contributed by atoms with E-state index in [0.29, 0.717) is 5.75 Å². The Morgan fingerprint density at radius 1 is 1.10 bits per heavy atom. The molecule has 0 unspecified atom stereocenters. The lowest BCUT2D eigenvalue weighted by Crippen LogP contribution is -2.09. The van der Waals surface area contributed by atoms with E-state index in [-0.39, 0.29) is 6.61 Å². The molecule has 4 rings (SSSR count). The monoisotopic (exact) mass is 393 g/mol. The molecule has 1 aliphatic rings. The summed E-state index contributed by atoms with van der Waals surface area (Å²) < 4.78 is 11.5. The van der Waals surface area contributed by atoms with Gasteiger partial charge in [-0.05, 0) is 73.2 Å². The first-order valence-corrected chi connectivity index (χ1v) is 10.2. The Kier molecular flexibility index (Phi) is 5.47. The number of fused-ring (bicyclic) bond motifs is 1. The highest BCUT2D eigenvalue weighted by atomic mass is 16.5. The number of aromatic nitrogens is 1. The predicted octanol–water partition coefficient (Wildman–Crippen LogP) is 5.77. The van der Waals surface area contributed by atoms with Crippen molar-refractivity contribution in [3.05, 3.63) is 53.2 Å². The number of nitrogens with one attached hydrogen (secondary N) is 1. The highest BCUT2D eigenvalue weighted by Crippen LogP contribution is 2.35. The fourth-order valence-electron chi connectivity index (χ4n) is 4.33. The van der Waals surface area contributed by atoms with Gasteiger partial charge in [0.05, 0.1) is 0 Å². The van der Waals surface area contributed by atoms with E-state index in [9.17, 15) is 4.79 Å². The fourth-order valence-corrected chi connectivity index (χ4v) is 4.33. The molecule has 29 heavy (non-hydrogen) atoms. The Labute approximate surface area is 170 Å². The van der Waals surface area contributed by atoms with Crippen LogP contribution >= 0.6 is 0 Å². The van der Waals surface area contributed by atoms with E-state index >= 15 is 0 Å². The third-order valence-corrected chi connectivity index (χ3v) is 5.74. The molecule has 5 heteroatoms. The summed E-state index contributed by atoms with van der Waals surface area (Å²) in [5.74, 6) is 1.92. The van der Waals surface area contributed by atoms with E-state index < -0.39 is 5.97 Å². The molecule has 1 saturated carbocycles. The number of hydrogen-bond acceptors (Lipinski definition) is 3. The zero-order valence-electron chi connectivity index (χ0n) is 17.0. The van der Waals surface area contributed by atoms with E-state index in [1.54, 1.807) is 0 Å². The van der Waals surface area contributed by atoms with Gasteiger partial charge in [0.15, 0.2) is 6.61 Å². The predicted molar refractivity (Wildman–Crippen MR) is 113 cm³/mol. The minimum absolute atomic E-state index is 0.354. The standard InChI is InChI=1S/C24H27NO4/c1-15-9-20(28-14-23(26)27)10-16(2)24(15)29-19-7-8-22-21(12-19)18(13-25-22)11-17-5-3-4-6-17/h7-10,12-13,17,25H,3-6,11,14H2,1-2H3,(H,26,27). The van der Waals surface area contributed by atoms with Gasteiger partial charge in [0.25, 0.3) is 0 Å². The zero-order valence-corrected chi connectivity index (χ0v) is 17.0. The molecule has 0 bridgehead atoms. The number of carboxylic acid groups (broad SMARTS) is 1. The van der Waals surface area contributed by atoms with Crippen molar-refractivity contribution < 1.29 is 19.4 Å². The number of ether oxygens (including phenoxy) is 2. The van der Waals surface area contributed by atoms with Crippen molar-refractivity contribution in [2.24, 2.45) is 5.92 Å². The summed E-state index contributed by atoms with van der Waals surface area (Å²) in [7, 11) is 0. The summed E-state index contributed by atoms with van der Waals surface area (Å²) in [6, 6.07) is 9.78. The van der Waals surface area contributed by atoms with E-state index in [0.717, 1.165) is 40.5 Å². The molecular weight excluding hydrogens is 366 g/mol. The molecule has 1 heterocycles. The number of rotatable bonds is 7. The molecule has 1 aliphatic carbocycles. The van der Waals surface area contributed by atoms with Gasteiger partial charge < -0.3 is 19.6 Å². The van der Waals surface area contributed by atoms with Crippen LogP contribution in [-0.2, 0) is 11.2 Å². The van der Waals surface area contributed by atoms with Gasteiger partial charge in [-0.15, -0.1) is 0 Å². The number of carboxylic acids is 1. The molecular formula is C24H27NO4. The van der Waals surface area contributed by atoms with E-state index in [2.05, 4.69) is 23.3 Å². The number of aliphatic carboxylic acids is 1. The summed E-state index contributed by atoms with van der Waals surface area (Å²) in [4.78, 5) is 14.1. The molecule has 1 fully saturated rings. The average Bonchev–Trinajstić information content (AvgIpc) is 3.33. The topological polar surface area (TPSA) is 71.6 Å². The fraction of sp³-hybridized carbons (Fsp3) is 0.375. The summed E-state index contributed by atoms with van der Waals surface area (Å²) in [5.41, 5.74) is 4.32. The van der Waals surface area contributed by atoms with Crippen molar-refractivity contribution >= 4 is 16.9 Å². The second-order valence-electron chi connectivity index (χ2n) is 8.05. The lowest BCUT2D eigenvalue weighted by Gasteiger charge is -2.14. The Bertz CT molecular complexity index is 1010. The molecule has 152 valence electrons. The Morgan fingerprint density at radius 3 is 2.52 bits per heavy atom. The smallest absolute Gasteiger partial charge is 0.341 e. The highest BCUT2D eigenvalue weighted by Gasteiger charge is 2.18. The van der Waals surface area contributed by atoms with E-state index in [4.69, 9.17) is 14.6 Å². The Balaban J connectivity index is 1.56. The molecule has 0 radical (unpaired) electrons. The van der Waals surface area contributed by atoms with Crippen LogP contribution in [0.4, 0.5) is 0 Å². The van der Waals surface area contributed by atoms with Crippen molar-refractivity contribution in [1.82, 2.24) is 4.98 Å². The highest BCUT2D eigenvalue weighted by molar-refractivity contribution is 5.84. The van der Waals surface area contributed by atoms with Crippen molar-refractivity contribution in [2.45, 2.75) is 46.0 Å². The van der Waals surface area contributed by atoms with Crippen LogP contribution in [0.25, 0.3) is 10.9 Å². The van der Waals surface area contributed by atoms with Gasteiger partial charge in [0.1, 0.15) is 17.2 Å². The van der Waals surface area contributed by atoms with Gasteiger partial charge in [0, 0.05) is 17.1 Å². The number of aryl methyl sites for hydroxylation is 2. The van der Waals surface area contributed by atoms with Crippen LogP contribution in [0.5, 0.6) is 17.2 Å². The molecule has 5 nitrogen and oxygen atoms in total. The van der Waals surface area contributed by atoms with Gasteiger partial charge in [-0.1, -0.05) is 25.7 Å². The molecule has 0 spiro atoms. The summed E-state index contributed by atoms with van der Waals surface area (Å²) in [6.07, 6.45) is 8.63. The van der Waals surface area contributed by atoms with Crippen LogP contribution in [0.3, 0.4) is 0 Å². The van der Waals surface area contributed by atoms with Gasteiger partial charge in [-0.25, -0.2) is 4.79 Å². The zero-order chi connectivity index (χ0) is 20.4. The second kappa shape index (κ2) is 8.19. The second-order valence-corrected chi connectivity index (χ2v) is 8.05. The lowest BCUT2D eigenvalue weighted by atomic mass is 9.97. The molecule has 2 aromatic carbocycles. The lowest BCUT2D eigenvalue weighted by molar-refractivity contribution is -0.139. The maximum Gasteiger partial charge on any atom is 0.341 e. The van der Waals surface area contributed by atoms with Crippen molar-refractivity contribution in [1.29, 1.82) is 0 Å². The van der Waals surface area contributed by atoms with Crippen molar-refractivity contribution in [3.8, 4) is 17.2 Å². The first-order valence-electron chi connectivity index (χ1n) is 10.2. The van der Waals surface area contributed by atoms with Crippen LogP contribution in [0.2, 0.25) is 0 Å². The molecule has 3 aromatic rings. The Morgan fingerprint density at radius 2 is 1.83 bits per heavy atom. The SMILES string of the molecule is Cc1cc(OCC(=O)O)cc(C)c1Oc1ccc2[nH]cc(CC3CCCC3)c2c1.